The van der Waals surface area contributed by atoms with Gasteiger partial charge in [0.1, 0.15) is 0 Å². The Kier molecular flexibility index (Phi) is 23.0. The molecule has 542 valence electrons. The number of aryl methyl sites for hydroxylation is 5. The fourth-order valence-electron chi connectivity index (χ4n) is 14.3. The molecular formula is C107H89N5. The standard InChI is InChI=1S/2C23H19N.2C21H17N.C19H17N/c1-18-14-16-21(17-15-18)24(20-10-3-2-4-11-20)23-13-7-9-19-8-5-6-12-22(19)23;1-18-11-14-22(15-12-18)24(21-9-3-2-4-10-21)23-16-13-19-7-5-6-8-20(19)17-23;1-15-10-12-17(13-11-15)22-21-14-16-6-2-3-7-18(16)19-8-4-5-9-20(19)21;1-15-9-13-18(14-10-15)22-20-8-4-6-17-12-11-16-5-2-3-7-19(16)21(17)20;1-16-12-14-19(15-13-16)20(17-8-4-2-5-9-17)18-10-6-3-7-11-18/h2*2-17H,1H3;2*2-14,22H,1H3;2-15H,1H3. The second-order valence-corrected chi connectivity index (χ2v) is 28.2. The van der Waals surface area contributed by atoms with Crippen molar-refractivity contribution in [3.63, 3.8) is 0 Å². The molecule has 5 nitrogen and oxygen atoms in total. The maximum absolute atomic E-state index is 3.57. The molecule has 0 unspecified atom stereocenters. The van der Waals surface area contributed by atoms with Gasteiger partial charge in [-0.25, -0.2) is 0 Å². The van der Waals surface area contributed by atoms with E-state index in [4.69, 9.17) is 0 Å². The maximum Gasteiger partial charge on any atom is 0.0540 e. The molecule has 0 aliphatic rings. The van der Waals surface area contributed by atoms with Gasteiger partial charge in [0.15, 0.2) is 0 Å². The number of benzene rings is 19. The van der Waals surface area contributed by atoms with Crippen LogP contribution in [0, 0.1) is 34.6 Å². The van der Waals surface area contributed by atoms with E-state index < -0.39 is 0 Å². The molecule has 19 aromatic rings. The van der Waals surface area contributed by atoms with Crippen LogP contribution < -0.4 is 25.3 Å². The molecule has 0 bridgehead atoms. The minimum absolute atomic E-state index is 1.12. The summed E-state index contributed by atoms with van der Waals surface area (Å²) in [5.74, 6) is 0. The van der Waals surface area contributed by atoms with Gasteiger partial charge in [-0.3, -0.25) is 0 Å². The van der Waals surface area contributed by atoms with Crippen molar-refractivity contribution in [3.05, 3.63) is 465 Å². The molecule has 0 aromatic heterocycles. The summed E-state index contributed by atoms with van der Waals surface area (Å²) in [5.41, 5.74) is 21.4. The van der Waals surface area contributed by atoms with Gasteiger partial charge >= 0.3 is 0 Å². The topological polar surface area (TPSA) is 33.8 Å². The van der Waals surface area contributed by atoms with E-state index in [1.807, 2.05) is 12.1 Å². The van der Waals surface area contributed by atoms with E-state index in [1.165, 1.54) is 132 Å². The van der Waals surface area contributed by atoms with Gasteiger partial charge in [0.05, 0.1) is 5.69 Å². The Morgan fingerprint density at radius 2 is 0.482 bits per heavy atom. The molecule has 0 spiro atoms. The fraction of sp³-hybridized carbons (Fsp3) is 0.0467. The number of hydrogen-bond acceptors (Lipinski definition) is 5. The summed E-state index contributed by atoms with van der Waals surface area (Å²) in [7, 11) is 0. The third-order valence-corrected chi connectivity index (χ3v) is 20.1. The predicted molar refractivity (Wildman–Crippen MR) is 484 cm³/mol. The van der Waals surface area contributed by atoms with Crippen molar-refractivity contribution in [2.24, 2.45) is 0 Å². The lowest BCUT2D eigenvalue weighted by Crippen LogP contribution is -2.10. The van der Waals surface area contributed by atoms with Crippen molar-refractivity contribution in [1.82, 2.24) is 0 Å². The van der Waals surface area contributed by atoms with Gasteiger partial charge in [-0.2, -0.15) is 0 Å². The van der Waals surface area contributed by atoms with Crippen LogP contribution >= 0.6 is 0 Å². The highest BCUT2D eigenvalue weighted by Gasteiger charge is 2.17. The van der Waals surface area contributed by atoms with Gasteiger partial charge < -0.3 is 25.3 Å². The summed E-state index contributed by atoms with van der Waals surface area (Å²) in [6.45, 7) is 10.6. The van der Waals surface area contributed by atoms with Crippen molar-refractivity contribution >= 4 is 139 Å². The first kappa shape index (κ1) is 73.3. The highest BCUT2D eigenvalue weighted by atomic mass is 15.2. The van der Waals surface area contributed by atoms with Crippen molar-refractivity contribution < 1.29 is 0 Å². The highest BCUT2D eigenvalue weighted by molar-refractivity contribution is 6.15. The van der Waals surface area contributed by atoms with Crippen molar-refractivity contribution in [1.29, 1.82) is 0 Å². The Morgan fingerprint density at radius 1 is 0.170 bits per heavy atom. The van der Waals surface area contributed by atoms with Crippen molar-refractivity contribution in [3.8, 4) is 0 Å². The first-order chi connectivity index (χ1) is 55.1. The summed E-state index contributed by atoms with van der Waals surface area (Å²) in [5, 5.41) is 22.3. The Labute approximate surface area is 658 Å². The molecule has 0 aliphatic carbocycles. The average molecular weight is 1440 g/mol. The minimum Gasteiger partial charge on any atom is -0.355 e. The lowest BCUT2D eigenvalue weighted by atomic mass is 10.00. The average Bonchev–Trinajstić information content (AvgIpc) is 0.767. The molecule has 0 aliphatic heterocycles. The summed E-state index contributed by atoms with van der Waals surface area (Å²) < 4.78 is 0. The number of fused-ring (bicyclic) bond motifs is 8. The molecule has 19 rings (SSSR count). The van der Waals surface area contributed by atoms with Crippen LogP contribution in [0.2, 0.25) is 0 Å². The lowest BCUT2D eigenvalue weighted by molar-refractivity contribution is 1.27. The normalized spacial score (nSPS) is 10.7. The monoisotopic (exact) mass is 1440 g/mol. The molecule has 0 saturated carbocycles. The molecule has 0 fully saturated rings. The Hall–Kier alpha value is -14.3. The molecule has 5 heteroatoms. The number of nitrogens with one attached hydrogen (secondary N) is 2. The quantitative estimate of drug-likeness (QED) is 0.112. The summed E-state index contributed by atoms with van der Waals surface area (Å²) in [6.07, 6.45) is 0. The number of hydrogen-bond donors (Lipinski definition) is 2. The predicted octanol–water partition coefficient (Wildman–Crippen LogP) is 30.8. The van der Waals surface area contributed by atoms with Gasteiger partial charge in [0, 0.05) is 84.4 Å². The smallest absolute Gasteiger partial charge is 0.0540 e. The molecular weight excluding hydrogens is 1360 g/mol. The number of rotatable bonds is 13. The molecule has 2 N–H and O–H groups in total. The van der Waals surface area contributed by atoms with E-state index in [0.717, 1.165) is 34.1 Å². The van der Waals surface area contributed by atoms with E-state index in [9.17, 15) is 0 Å². The van der Waals surface area contributed by atoms with Crippen LogP contribution in [0.15, 0.2) is 437 Å². The van der Waals surface area contributed by atoms with E-state index in [2.05, 4.69) is 485 Å². The second-order valence-electron chi connectivity index (χ2n) is 28.2. The highest BCUT2D eigenvalue weighted by Crippen LogP contribution is 2.42. The van der Waals surface area contributed by atoms with E-state index in [1.54, 1.807) is 0 Å². The van der Waals surface area contributed by atoms with Gasteiger partial charge in [-0.15, -0.1) is 0 Å². The van der Waals surface area contributed by atoms with Crippen LogP contribution in [-0.2, 0) is 0 Å². The first-order valence-electron chi connectivity index (χ1n) is 38.4. The minimum atomic E-state index is 1.12. The Bertz CT molecular complexity index is 6170. The summed E-state index contributed by atoms with van der Waals surface area (Å²) in [4.78, 5) is 6.88. The second kappa shape index (κ2) is 35.2. The van der Waals surface area contributed by atoms with Crippen LogP contribution in [0.1, 0.15) is 27.8 Å². The zero-order valence-electron chi connectivity index (χ0n) is 63.9. The van der Waals surface area contributed by atoms with Gasteiger partial charge in [0.25, 0.3) is 0 Å². The number of nitrogens with zero attached hydrogens (tertiary/aromatic N) is 3. The zero-order valence-corrected chi connectivity index (χ0v) is 63.9. The third kappa shape index (κ3) is 17.6. The third-order valence-electron chi connectivity index (χ3n) is 20.1. The zero-order chi connectivity index (χ0) is 76.4. The molecule has 0 radical (unpaired) electrons. The Morgan fingerprint density at radius 3 is 0.991 bits per heavy atom. The van der Waals surface area contributed by atoms with E-state index >= 15 is 0 Å². The van der Waals surface area contributed by atoms with Crippen LogP contribution in [-0.4, -0.2) is 0 Å². The largest absolute Gasteiger partial charge is 0.355 e. The van der Waals surface area contributed by atoms with E-state index in [0.29, 0.717) is 0 Å². The van der Waals surface area contributed by atoms with Gasteiger partial charge in [-0.1, -0.05) is 325 Å². The number of anilines is 13. The lowest BCUT2D eigenvalue weighted by Gasteiger charge is -2.26. The fourth-order valence-corrected chi connectivity index (χ4v) is 14.3. The van der Waals surface area contributed by atoms with Crippen molar-refractivity contribution in [2.75, 3.05) is 25.3 Å². The molecule has 19 aromatic carbocycles. The van der Waals surface area contributed by atoms with Crippen molar-refractivity contribution in [2.45, 2.75) is 34.6 Å². The Balaban J connectivity index is 0.000000111. The van der Waals surface area contributed by atoms with Gasteiger partial charge in [0.2, 0.25) is 0 Å². The van der Waals surface area contributed by atoms with Crippen LogP contribution in [0.5, 0.6) is 0 Å². The van der Waals surface area contributed by atoms with Gasteiger partial charge in [-0.05, 0) is 223 Å². The first-order valence-corrected chi connectivity index (χ1v) is 38.4. The molecule has 112 heavy (non-hydrogen) atoms. The summed E-state index contributed by atoms with van der Waals surface area (Å²) in [6, 6.07) is 154. The molecule has 0 amide bonds. The molecule has 0 atom stereocenters. The maximum atomic E-state index is 3.57. The molecule has 0 saturated heterocycles. The van der Waals surface area contributed by atoms with Crippen LogP contribution in [0.25, 0.3) is 64.6 Å². The summed E-state index contributed by atoms with van der Waals surface area (Å²) >= 11 is 0. The SMILES string of the molecule is Cc1ccc(N(c2ccccc2)c2ccc3ccccc3c2)cc1.Cc1ccc(N(c2ccccc2)c2cccc3ccccc23)cc1.Cc1ccc(N(c2ccccc2)c2ccccc2)cc1.Cc1ccc(Nc2cc3ccccc3c3ccccc23)cc1.Cc1ccc(Nc2cccc3ccc4ccccc4c23)cc1. The molecule has 0 heterocycles. The number of para-hydroxylation sites is 4. The van der Waals surface area contributed by atoms with Crippen LogP contribution in [0.3, 0.4) is 0 Å². The van der Waals surface area contributed by atoms with E-state index in [-0.39, 0.29) is 0 Å². The van der Waals surface area contributed by atoms with Crippen LogP contribution in [0.4, 0.5) is 73.9 Å².